The summed E-state index contributed by atoms with van der Waals surface area (Å²) in [5.74, 6) is 0.466. The van der Waals surface area contributed by atoms with E-state index in [1.807, 2.05) is 112 Å². The molecule has 1 unspecified atom stereocenters. The Morgan fingerprint density at radius 2 is 1.71 bits per heavy atom. The van der Waals surface area contributed by atoms with Crippen LogP contribution in [0.4, 0.5) is 0 Å². The Morgan fingerprint density at radius 1 is 0.958 bits per heavy atom. The molecule has 7 heterocycles. The van der Waals surface area contributed by atoms with E-state index in [9.17, 15) is 19.5 Å². The van der Waals surface area contributed by atoms with E-state index in [1.165, 1.54) is 9.78 Å². The zero-order valence-electron chi connectivity index (χ0n) is 41.2. The summed E-state index contributed by atoms with van der Waals surface area (Å²) in [4.78, 5) is 60.1. The molecule has 0 bridgehead atoms. The Kier molecular flexibility index (Phi) is 14.0. The number of rotatable bonds is 14. The summed E-state index contributed by atoms with van der Waals surface area (Å²) in [6.45, 7) is 14.0. The topological polar surface area (TPSA) is 194 Å². The molecule has 72 heavy (non-hydrogen) atoms. The molecule has 1 saturated heterocycles. The minimum Gasteiger partial charge on any atom is -0.391 e. The van der Waals surface area contributed by atoms with Crippen molar-refractivity contribution < 1.29 is 24.2 Å². The first-order chi connectivity index (χ1) is 34.6. The summed E-state index contributed by atoms with van der Waals surface area (Å²) in [5.41, 5.74) is 10.1. The molecule has 2 fully saturated rings. The maximum atomic E-state index is 14.4. The van der Waals surface area contributed by atoms with E-state index in [2.05, 4.69) is 49.8 Å². The van der Waals surface area contributed by atoms with Crippen molar-refractivity contribution in [3.8, 4) is 15.4 Å². The van der Waals surface area contributed by atoms with Crippen LogP contribution in [0.15, 0.2) is 82.5 Å². The molecule has 1 saturated carbocycles. The van der Waals surface area contributed by atoms with Gasteiger partial charge in [0.1, 0.15) is 29.0 Å². The van der Waals surface area contributed by atoms with E-state index in [1.54, 1.807) is 33.6 Å². The van der Waals surface area contributed by atoms with Gasteiger partial charge in [0.15, 0.2) is 5.82 Å². The van der Waals surface area contributed by atoms with Gasteiger partial charge < -0.3 is 25.4 Å². The Hall–Kier alpha value is -6.18. The molecule has 19 heteroatoms. The van der Waals surface area contributed by atoms with Gasteiger partial charge in [0.05, 0.1) is 64.5 Å². The highest BCUT2D eigenvalue weighted by Crippen LogP contribution is 2.40. The van der Waals surface area contributed by atoms with Gasteiger partial charge in [0, 0.05) is 64.4 Å². The van der Waals surface area contributed by atoms with E-state index < -0.39 is 24.2 Å². The highest BCUT2D eigenvalue weighted by Gasteiger charge is 2.43. The number of amides is 3. The highest BCUT2D eigenvalue weighted by molar-refractivity contribution is 7.15. The number of hydrogen-bond acceptors (Lipinski definition) is 13. The van der Waals surface area contributed by atoms with Gasteiger partial charge in [-0.3, -0.25) is 33.6 Å². The van der Waals surface area contributed by atoms with E-state index in [0.29, 0.717) is 35.8 Å². The zero-order valence-corrected chi connectivity index (χ0v) is 43.6. The summed E-state index contributed by atoms with van der Waals surface area (Å²) >= 11 is 9.55. The van der Waals surface area contributed by atoms with Gasteiger partial charge in [0.2, 0.25) is 17.7 Å². The molecule has 1 aliphatic carbocycles. The van der Waals surface area contributed by atoms with Crippen LogP contribution in [0, 0.1) is 33.6 Å². The van der Waals surface area contributed by atoms with E-state index in [0.717, 1.165) is 60.5 Å². The Labute approximate surface area is 431 Å². The third kappa shape index (κ3) is 9.86. The number of aliphatic hydroxyl groups excluding tert-OH is 1. The lowest BCUT2D eigenvalue weighted by Gasteiger charge is -2.37. The van der Waals surface area contributed by atoms with Crippen molar-refractivity contribution >= 4 is 69.6 Å². The fourth-order valence-electron chi connectivity index (χ4n) is 10.1. The van der Waals surface area contributed by atoms with Crippen molar-refractivity contribution in [3.05, 3.63) is 128 Å². The molecule has 0 spiro atoms. The fraction of sp³-hybridized carbons (Fsp3) is 0.415. The van der Waals surface area contributed by atoms with Crippen molar-refractivity contribution in [1.82, 2.24) is 45.1 Å². The predicted molar refractivity (Wildman–Crippen MR) is 280 cm³/mol. The van der Waals surface area contributed by atoms with Crippen LogP contribution in [-0.4, -0.2) is 106 Å². The largest absolute Gasteiger partial charge is 0.391 e. The van der Waals surface area contributed by atoms with Gasteiger partial charge in [-0.25, -0.2) is 4.98 Å². The quantitative estimate of drug-likeness (QED) is 0.0961. The van der Waals surface area contributed by atoms with Crippen LogP contribution in [0.2, 0.25) is 5.02 Å². The number of fused-ring (bicyclic) bond motifs is 3. The number of ether oxygens (including phenoxy) is 1. The Bertz CT molecular complexity index is 3110. The van der Waals surface area contributed by atoms with Crippen LogP contribution in [-0.2, 0) is 19.1 Å². The normalized spacial score (nSPS) is 22.3. The van der Waals surface area contributed by atoms with Crippen LogP contribution < -0.4 is 10.6 Å². The highest BCUT2D eigenvalue weighted by atomic mass is 35.5. The summed E-state index contributed by atoms with van der Waals surface area (Å²) in [5, 5.41) is 32.4. The zero-order chi connectivity index (χ0) is 50.5. The van der Waals surface area contributed by atoms with Crippen molar-refractivity contribution in [2.75, 3.05) is 6.54 Å². The molecule has 16 nitrogen and oxygen atoms in total. The molecule has 3 amide bonds. The first-order valence-corrected chi connectivity index (χ1v) is 26.6. The van der Waals surface area contributed by atoms with Crippen LogP contribution in [0.5, 0.6) is 0 Å². The number of halogens is 1. The Balaban J connectivity index is 0.754. The van der Waals surface area contributed by atoms with Gasteiger partial charge in [-0.15, -0.1) is 32.9 Å². The van der Waals surface area contributed by atoms with Gasteiger partial charge in [-0.2, -0.15) is 5.10 Å². The lowest BCUT2D eigenvalue weighted by molar-refractivity contribution is -0.142. The number of thiophene rings is 1. The van der Waals surface area contributed by atoms with E-state index in [4.69, 9.17) is 21.3 Å². The van der Waals surface area contributed by atoms with Crippen LogP contribution in [0.3, 0.4) is 0 Å². The second-order valence-corrected chi connectivity index (χ2v) is 22.1. The number of likely N-dealkylation sites (tertiary alicyclic amines) is 1. The number of nitrogens with one attached hydrogen (secondary N) is 2. The summed E-state index contributed by atoms with van der Waals surface area (Å²) in [6, 6.07) is 13.2. The number of carbonyl (C=O) groups excluding carboxylic acids is 3. The lowest BCUT2D eigenvalue weighted by atomic mass is 9.88. The third-order valence-electron chi connectivity index (χ3n) is 14.2. The van der Waals surface area contributed by atoms with Gasteiger partial charge in [0.25, 0.3) is 0 Å². The number of nitrogens with zero attached hydrogens (tertiary/aromatic N) is 9. The average molecular weight is 1030 g/mol. The van der Waals surface area contributed by atoms with E-state index in [-0.39, 0.29) is 67.3 Å². The summed E-state index contributed by atoms with van der Waals surface area (Å²) in [6.07, 6.45) is 8.35. The number of β-amino-alcohol motifs (C(OH)–C–C–N with tert-alkyl or cyclic N) is 1. The second kappa shape index (κ2) is 20.4. The number of carbonyl (C=O) groups is 3. The van der Waals surface area contributed by atoms with Crippen molar-refractivity contribution in [2.45, 2.75) is 129 Å². The van der Waals surface area contributed by atoms with Crippen molar-refractivity contribution in [2.24, 2.45) is 15.9 Å². The molecular weight excluding hydrogens is 970 g/mol. The predicted octanol–water partition coefficient (Wildman–Crippen LogP) is 8.40. The monoisotopic (exact) mass is 1030 g/mol. The molecule has 3 N–H and O–H groups in total. The molecule has 3 aliphatic heterocycles. The van der Waals surface area contributed by atoms with E-state index >= 15 is 0 Å². The fourth-order valence-corrected chi connectivity index (χ4v) is 12.3. The van der Waals surface area contributed by atoms with Gasteiger partial charge >= 0.3 is 0 Å². The van der Waals surface area contributed by atoms with Crippen LogP contribution >= 0.6 is 34.3 Å². The first kappa shape index (κ1) is 49.4. The molecule has 6 aromatic rings. The molecule has 374 valence electrons. The molecule has 4 aromatic heterocycles. The lowest BCUT2D eigenvalue weighted by Crippen LogP contribution is -2.49. The average Bonchev–Trinajstić information content (AvgIpc) is 4.19. The number of aliphatic hydroxyl groups is 1. The number of thiazole rings is 1. The standard InChI is InChI=1S/C53H58ClN11O5S2/c1-27(2)48(52(69)63-25-39(66)20-44(63)51(68)58-29(4)33-8-10-35(11-9-33)49-30(5)56-26-71-49)64-24-36(23-57-64)42-21-40(16-17-55-42)70-41-18-38(19-41)59-45(67)22-43-50-62-61-32(7)65(50)53-46(28(3)31(6)72-53)47(60-43)34-12-14-37(54)15-13-34/h8-15,17,21,23-24,26-27,29,38-41,43-44,48,66H,16,18-20,22,25H2,1-7H3,(H,58,68)(H,59,67)/t29-,38-,39+,40?,41-,43-,44-,48-/m0/s1. The molecular formula is C53H58ClN11O5S2. The van der Waals surface area contributed by atoms with Crippen LogP contribution in [0.1, 0.15) is 121 Å². The number of aromatic nitrogens is 6. The number of aryl methyl sites for hydroxylation is 3. The molecule has 0 radical (unpaired) electrons. The van der Waals surface area contributed by atoms with Gasteiger partial charge in [-0.05, 0) is 88.3 Å². The molecule has 10 rings (SSSR count). The maximum Gasteiger partial charge on any atom is 0.248 e. The molecule has 2 aromatic carbocycles. The first-order valence-electron chi connectivity index (χ1n) is 24.5. The minimum absolute atomic E-state index is 0.0481. The van der Waals surface area contributed by atoms with Gasteiger partial charge in [-0.1, -0.05) is 61.8 Å². The summed E-state index contributed by atoms with van der Waals surface area (Å²) in [7, 11) is 0. The third-order valence-corrected chi connectivity index (χ3v) is 16.6. The number of benzene rings is 2. The SMILES string of the molecule is Cc1ncsc1-c1ccc([C@H](C)NC(=O)[C@@H]2C[C@@H](O)CN2C(=O)[C@H](C(C)C)n2cc(C3=CC(O[C@H]4C[C@H](NC(=O)C[C@@H]5N=C(c6ccc(Cl)cc6)c6c(sc(C)c6C)-n6c(C)nnc65)C4)CC=N3)cn2)cc1. The smallest absolute Gasteiger partial charge is 0.248 e. The van der Waals surface area contributed by atoms with Crippen LogP contribution in [0.25, 0.3) is 21.1 Å². The Morgan fingerprint density at radius 3 is 2.43 bits per heavy atom. The summed E-state index contributed by atoms with van der Waals surface area (Å²) < 4.78 is 10.2. The molecule has 6 atom stereocenters. The number of aliphatic imine (C=N–C) groups is 2. The van der Waals surface area contributed by atoms with Crippen molar-refractivity contribution in [3.63, 3.8) is 0 Å². The number of hydrogen-bond donors (Lipinski definition) is 3. The maximum absolute atomic E-state index is 14.4. The second-order valence-electron chi connectivity index (χ2n) is 19.7. The molecule has 4 aliphatic rings. The minimum atomic E-state index is -0.839. The van der Waals surface area contributed by atoms with Crippen molar-refractivity contribution in [1.29, 1.82) is 0 Å².